The number of hydrogen-bond acceptors (Lipinski definition) is 8. The highest BCUT2D eigenvalue weighted by Crippen LogP contribution is 2.13. The van der Waals surface area contributed by atoms with Crippen LogP contribution >= 0.6 is 12.4 Å². The number of halogens is 1. The first-order valence-corrected chi connectivity index (χ1v) is 12.6. The van der Waals surface area contributed by atoms with E-state index in [1.165, 1.54) is 22.0 Å². The number of aliphatic hydroxyl groups is 1. The molecule has 2 aliphatic rings. The van der Waals surface area contributed by atoms with Gasteiger partial charge in [-0.25, -0.2) is 9.59 Å². The number of aromatic nitrogens is 2. The van der Waals surface area contributed by atoms with E-state index in [4.69, 9.17) is 11.5 Å². The lowest BCUT2D eigenvalue weighted by Gasteiger charge is -2.37. The fourth-order valence-electron chi connectivity index (χ4n) is 4.58. The first-order chi connectivity index (χ1) is 17.7. The van der Waals surface area contributed by atoms with E-state index in [0.29, 0.717) is 31.9 Å². The number of nitrogens with one attached hydrogen (secondary N) is 1. The van der Waals surface area contributed by atoms with Gasteiger partial charge >= 0.3 is 11.7 Å². The summed E-state index contributed by atoms with van der Waals surface area (Å²) in [4.78, 5) is 47.2. The summed E-state index contributed by atoms with van der Waals surface area (Å²) in [5.41, 5.74) is 11.8. The van der Waals surface area contributed by atoms with Crippen LogP contribution in [0.25, 0.3) is 5.69 Å². The zero-order chi connectivity index (χ0) is 26.6. The molecule has 0 aliphatic carbocycles. The Labute approximate surface area is 228 Å². The van der Waals surface area contributed by atoms with Crippen molar-refractivity contribution in [1.82, 2.24) is 24.3 Å². The minimum absolute atomic E-state index is 0. The minimum atomic E-state index is -1.35. The van der Waals surface area contributed by atoms with Crippen molar-refractivity contribution in [3.63, 3.8) is 0 Å². The molecule has 12 nitrogen and oxygen atoms in total. The van der Waals surface area contributed by atoms with Gasteiger partial charge in [-0.1, -0.05) is 12.1 Å². The third kappa shape index (κ3) is 7.08. The number of urea groups is 1. The summed E-state index contributed by atoms with van der Waals surface area (Å²) < 4.78 is 1.42. The van der Waals surface area contributed by atoms with E-state index in [1.807, 2.05) is 24.3 Å². The highest BCUT2D eigenvalue weighted by Gasteiger charge is 2.34. The summed E-state index contributed by atoms with van der Waals surface area (Å²) >= 11 is 0. The molecule has 2 unspecified atom stereocenters. The van der Waals surface area contributed by atoms with E-state index >= 15 is 0 Å². The maximum absolute atomic E-state index is 12.7. The second kappa shape index (κ2) is 12.7. The van der Waals surface area contributed by atoms with E-state index < -0.39 is 23.9 Å². The average molecular weight is 549 g/mol. The van der Waals surface area contributed by atoms with Crippen LogP contribution in [0.1, 0.15) is 18.9 Å². The molecular formula is C25H37ClN8O4. The number of hydrogen-bond donors (Lipinski definition) is 4. The van der Waals surface area contributed by atoms with E-state index in [1.54, 1.807) is 17.2 Å². The van der Waals surface area contributed by atoms with Crippen LogP contribution in [0.15, 0.2) is 41.3 Å². The monoisotopic (exact) mass is 548 g/mol. The minimum Gasteiger partial charge on any atom is -0.394 e. The maximum atomic E-state index is 12.7. The van der Waals surface area contributed by atoms with Crippen LogP contribution in [-0.4, -0.2) is 105 Å². The van der Waals surface area contributed by atoms with Crippen molar-refractivity contribution in [2.24, 2.45) is 11.5 Å². The Hall–Kier alpha value is -3.03. The number of piperazine rings is 1. The molecular weight excluding hydrogens is 512 g/mol. The van der Waals surface area contributed by atoms with Crippen molar-refractivity contribution in [2.75, 3.05) is 57.7 Å². The van der Waals surface area contributed by atoms with Gasteiger partial charge in [0.15, 0.2) is 0 Å². The Balaban J connectivity index is 0.00000400. The number of nitrogens with two attached hydrogens (primary N) is 2. The Bertz CT molecular complexity index is 1160. The first-order valence-electron chi connectivity index (χ1n) is 12.6. The Morgan fingerprint density at radius 1 is 1.11 bits per heavy atom. The Kier molecular flexibility index (Phi) is 9.85. The molecule has 208 valence electrons. The molecule has 0 spiro atoms. The zero-order valence-corrected chi connectivity index (χ0v) is 22.4. The summed E-state index contributed by atoms with van der Waals surface area (Å²) in [5, 5.41) is 12.0. The van der Waals surface area contributed by atoms with Crippen LogP contribution in [0.5, 0.6) is 0 Å². The van der Waals surface area contributed by atoms with Gasteiger partial charge in [-0.2, -0.15) is 4.98 Å². The van der Waals surface area contributed by atoms with Crippen molar-refractivity contribution >= 4 is 30.2 Å². The summed E-state index contributed by atoms with van der Waals surface area (Å²) in [7, 11) is 0. The van der Waals surface area contributed by atoms with E-state index in [0.717, 1.165) is 32.5 Å². The van der Waals surface area contributed by atoms with Gasteiger partial charge in [0, 0.05) is 51.5 Å². The number of aliphatic hydroxyl groups excluding tert-OH is 1. The number of anilines is 1. The number of rotatable bonds is 7. The van der Waals surface area contributed by atoms with Crippen molar-refractivity contribution < 1.29 is 14.7 Å². The molecule has 2 fully saturated rings. The lowest BCUT2D eigenvalue weighted by molar-refractivity contribution is -0.139. The van der Waals surface area contributed by atoms with Crippen LogP contribution in [0, 0.1) is 0 Å². The largest absolute Gasteiger partial charge is 0.394 e. The van der Waals surface area contributed by atoms with Crippen molar-refractivity contribution in [1.29, 1.82) is 0 Å². The molecule has 13 heteroatoms. The summed E-state index contributed by atoms with van der Waals surface area (Å²) in [5.74, 6) is -0.204. The van der Waals surface area contributed by atoms with Crippen molar-refractivity contribution in [3.05, 3.63) is 52.6 Å². The lowest BCUT2D eigenvalue weighted by atomic mass is 10.0. The van der Waals surface area contributed by atoms with Gasteiger partial charge < -0.3 is 31.3 Å². The molecule has 2 atom stereocenters. The fraction of sp³-hybridized carbons (Fsp3) is 0.520. The molecule has 3 amide bonds. The second-order valence-corrected chi connectivity index (χ2v) is 10.0. The molecule has 2 aromatic rings. The smallest absolute Gasteiger partial charge is 0.354 e. The SMILES string of the molecule is CC(N)(CO)C(=O)N1CCN(C(=O)Nc2ccn(-c3ccc(CCN4CCC(N)C4)cc3)c(=O)n2)CC1.Cl. The molecule has 2 aliphatic heterocycles. The van der Waals surface area contributed by atoms with E-state index in [9.17, 15) is 19.5 Å². The predicted octanol–water partition coefficient (Wildman–Crippen LogP) is -0.384. The average Bonchev–Trinajstić information content (AvgIpc) is 3.32. The lowest BCUT2D eigenvalue weighted by Crippen LogP contribution is -2.60. The number of amides is 3. The van der Waals surface area contributed by atoms with Gasteiger partial charge in [-0.15, -0.1) is 12.4 Å². The molecule has 4 rings (SSSR count). The van der Waals surface area contributed by atoms with E-state index in [2.05, 4.69) is 15.2 Å². The van der Waals surface area contributed by atoms with Crippen LogP contribution in [-0.2, 0) is 11.2 Å². The first kappa shape index (κ1) is 29.5. The fourth-order valence-corrected chi connectivity index (χ4v) is 4.58. The van der Waals surface area contributed by atoms with Crippen molar-refractivity contribution in [2.45, 2.75) is 31.3 Å². The molecule has 38 heavy (non-hydrogen) atoms. The third-order valence-electron chi connectivity index (χ3n) is 6.95. The standard InChI is InChI=1S/C25H36N8O4.ClH/c1-25(27,17-34)22(35)31-12-14-32(15-13-31)23(36)28-21-8-11-33(24(37)29-21)20-4-2-18(3-5-20)6-9-30-10-7-19(26)16-30;/h2-5,8,11,19,34H,6-7,9-10,12-17,26-27H2,1H3,(H,28,29,36,37);1H. The maximum Gasteiger partial charge on any atom is 0.354 e. The van der Waals surface area contributed by atoms with Gasteiger partial charge in [0.2, 0.25) is 5.91 Å². The van der Waals surface area contributed by atoms with Gasteiger partial charge in [0.25, 0.3) is 0 Å². The number of benzene rings is 1. The Morgan fingerprint density at radius 2 is 1.76 bits per heavy atom. The Morgan fingerprint density at radius 3 is 2.34 bits per heavy atom. The quantitative estimate of drug-likeness (QED) is 0.363. The zero-order valence-electron chi connectivity index (χ0n) is 21.6. The summed E-state index contributed by atoms with van der Waals surface area (Å²) in [6, 6.07) is 9.22. The molecule has 2 saturated heterocycles. The number of nitrogens with zero attached hydrogens (tertiary/aromatic N) is 5. The van der Waals surface area contributed by atoms with Crippen LogP contribution in [0.4, 0.5) is 10.6 Å². The number of carbonyl (C=O) groups is 2. The highest BCUT2D eigenvalue weighted by molar-refractivity contribution is 5.89. The van der Waals surface area contributed by atoms with Gasteiger partial charge in [0.1, 0.15) is 11.4 Å². The molecule has 0 bridgehead atoms. The summed E-state index contributed by atoms with van der Waals surface area (Å²) in [6.45, 7) is 5.16. The van der Waals surface area contributed by atoms with Gasteiger partial charge in [-0.3, -0.25) is 14.7 Å². The van der Waals surface area contributed by atoms with Gasteiger partial charge in [-0.05, 0) is 50.1 Å². The van der Waals surface area contributed by atoms with Gasteiger partial charge in [0.05, 0.1) is 12.3 Å². The normalized spacial score (nSPS) is 19.5. The molecule has 0 radical (unpaired) electrons. The molecule has 3 heterocycles. The second-order valence-electron chi connectivity index (χ2n) is 10.0. The summed E-state index contributed by atoms with van der Waals surface area (Å²) in [6.07, 6.45) is 3.54. The molecule has 1 aromatic carbocycles. The van der Waals surface area contributed by atoms with Crippen LogP contribution < -0.4 is 22.5 Å². The predicted molar refractivity (Wildman–Crippen MR) is 147 cm³/mol. The number of likely N-dealkylation sites (tertiary alicyclic amines) is 1. The number of carbonyl (C=O) groups excluding carboxylic acids is 2. The van der Waals surface area contributed by atoms with Crippen LogP contribution in [0.3, 0.4) is 0 Å². The van der Waals surface area contributed by atoms with Crippen molar-refractivity contribution in [3.8, 4) is 5.69 Å². The molecule has 0 saturated carbocycles. The van der Waals surface area contributed by atoms with E-state index in [-0.39, 0.29) is 30.2 Å². The molecule has 6 N–H and O–H groups in total. The third-order valence-corrected chi connectivity index (χ3v) is 6.95. The van der Waals surface area contributed by atoms with Crippen LogP contribution in [0.2, 0.25) is 0 Å². The highest BCUT2D eigenvalue weighted by atomic mass is 35.5. The molecule has 1 aromatic heterocycles. The topological polar surface area (TPSA) is 163 Å².